The minimum atomic E-state index is -0.0344. The summed E-state index contributed by atoms with van der Waals surface area (Å²) in [6.07, 6.45) is 2.35. The summed E-state index contributed by atoms with van der Waals surface area (Å²) >= 11 is 0. The number of anilines is 2. The number of carbonyl (C=O) groups is 1. The molecule has 1 N–H and O–H groups in total. The van der Waals surface area contributed by atoms with Crippen LogP contribution in [-0.2, 0) is 10.2 Å². The Morgan fingerprint density at radius 3 is 2.15 bits per heavy atom. The molecular weight excluding hydrogens is 320 g/mol. The fourth-order valence-corrected chi connectivity index (χ4v) is 3.87. The maximum atomic E-state index is 11.2. The number of rotatable bonds is 3. The standard InChI is InChI=1S/C23H30N2O/c1-16-6-15-22(18-7-11-20(12-8-18)24-17(2)26)25(16)21-13-9-19(10-14-21)23(3,4)5/h7-14,16,22H,6,15H2,1-5H3,(H,24,26)/t16-,22?/m1/s1. The minimum Gasteiger partial charge on any atom is -0.362 e. The lowest BCUT2D eigenvalue weighted by Gasteiger charge is -2.32. The molecule has 0 aliphatic carbocycles. The Morgan fingerprint density at radius 2 is 1.62 bits per heavy atom. The van der Waals surface area contributed by atoms with Crippen LogP contribution in [0.25, 0.3) is 0 Å². The third-order valence-electron chi connectivity index (χ3n) is 5.32. The van der Waals surface area contributed by atoms with E-state index in [9.17, 15) is 4.79 Å². The van der Waals surface area contributed by atoms with Crippen molar-refractivity contribution in [2.24, 2.45) is 0 Å². The highest BCUT2D eigenvalue weighted by molar-refractivity contribution is 5.88. The van der Waals surface area contributed by atoms with Crippen LogP contribution in [0.15, 0.2) is 48.5 Å². The van der Waals surface area contributed by atoms with Gasteiger partial charge in [0.15, 0.2) is 0 Å². The van der Waals surface area contributed by atoms with Crippen molar-refractivity contribution in [3.8, 4) is 0 Å². The van der Waals surface area contributed by atoms with Gasteiger partial charge in [-0.25, -0.2) is 0 Å². The second-order valence-electron chi connectivity index (χ2n) is 8.45. The Morgan fingerprint density at radius 1 is 1.00 bits per heavy atom. The van der Waals surface area contributed by atoms with Gasteiger partial charge in [0, 0.05) is 24.3 Å². The molecule has 1 heterocycles. The molecule has 1 fully saturated rings. The van der Waals surface area contributed by atoms with Crippen LogP contribution in [0.4, 0.5) is 11.4 Å². The lowest BCUT2D eigenvalue weighted by Crippen LogP contribution is -2.29. The second-order valence-corrected chi connectivity index (χ2v) is 8.45. The molecule has 1 unspecified atom stereocenters. The average molecular weight is 351 g/mol. The van der Waals surface area contributed by atoms with Crippen LogP contribution in [-0.4, -0.2) is 11.9 Å². The van der Waals surface area contributed by atoms with Gasteiger partial charge in [-0.05, 0) is 60.6 Å². The maximum absolute atomic E-state index is 11.2. The summed E-state index contributed by atoms with van der Waals surface area (Å²) in [5.74, 6) is -0.0344. The van der Waals surface area contributed by atoms with E-state index < -0.39 is 0 Å². The molecule has 1 aliphatic heterocycles. The minimum absolute atomic E-state index is 0.0344. The summed E-state index contributed by atoms with van der Waals surface area (Å²) in [5.41, 5.74) is 4.99. The van der Waals surface area contributed by atoms with Crippen molar-refractivity contribution in [1.29, 1.82) is 0 Å². The zero-order valence-corrected chi connectivity index (χ0v) is 16.5. The van der Waals surface area contributed by atoms with Gasteiger partial charge in [0.1, 0.15) is 0 Å². The van der Waals surface area contributed by atoms with Crippen LogP contribution in [0.1, 0.15) is 64.6 Å². The van der Waals surface area contributed by atoms with E-state index in [0.717, 1.165) is 12.1 Å². The Labute approximate surface area is 157 Å². The summed E-state index contributed by atoms with van der Waals surface area (Å²) in [4.78, 5) is 13.8. The molecule has 0 spiro atoms. The number of carbonyl (C=O) groups excluding carboxylic acids is 1. The van der Waals surface area contributed by atoms with Crippen molar-refractivity contribution < 1.29 is 4.79 Å². The molecule has 0 bridgehead atoms. The first-order valence-corrected chi connectivity index (χ1v) is 9.52. The Balaban J connectivity index is 1.85. The van der Waals surface area contributed by atoms with Crippen LogP contribution < -0.4 is 10.2 Å². The average Bonchev–Trinajstić information content (AvgIpc) is 2.96. The molecule has 138 valence electrons. The van der Waals surface area contributed by atoms with Gasteiger partial charge in [-0.3, -0.25) is 4.79 Å². The molecule has 3 rings (SSSR count). The van der Waals surface area contributed by atoms with E-state index in [1.165, 1.54) is 30.2 Å². The summed E-state index contributed by atoms with van der Waals surface area (Å²) in [7, 11) is 0. The van der Waals surface area contributed by atoms with Gasteiger partial charge >= 0.3 is 0 Å². The topological polar surface area (TPSA) is 32.3 Å². The van der Waals surface area contributed by atoms with Crippen LogP contribution >= 0.6 is 0 Å². The fraction of sp³-hybridized carbons (Fsp3) is 0.435. The molecule has 2 aromatic carbocycles. The summed E-state index contributed by atoms with van der Waals surface area (Å²) in [6, 6.07) is 18.2. The quantitative estimate of drug-likeness (QED) is 0.773. The normalized spacial score (nSPS) is 20.3. The molecule has 1 saturated heterocycles. The first-order valence-electron chi connectivity index (χ1n) is 9.52. The Bertz CT molecular complexity index is 756. The van der Waals surface area contributed by atoms with E-state index in [1.807, 2.05) is 12.1 Å². The summed E-state index contributed by atoms with van der Waals surface area (Å²) in [5, 5.41) is 2.84. The van der Waals surface area contributed by atoms with Gasteiger partial charge in [0.2, 0.25) is 5.91 Å². The second kappa shape index (κ2) is 7.14. The monoisotopic (exact) mass is 350 g/mol. The van der Waals surface area contributed by atoms with E-state index in [2.05, 4.69) is 74.3 Å². The third-order valence-corrected chi connectivity index (χ3v) is 5.32. The molecule has 0 radical (unpaired) electrons. The predicted octanol–water partition coefficient (Wildman–Crippen LogP) is 5.67. The molecule has 3 heteroatoms. The van der Waals surface area contributed by atoms with Crippen molar-refractivity contribution in [1.82, 2.24) is 0 Å². The van der Waals surface area contributed by atoms with E-state index in [-0.39, 0.29) is 11.3 Å². The van der Waals surface area contributed by atoms with Crippen molar-refractivity contribution in [2.45, 2.75) is 65.0 Å². The van der Waals surface area contributed by atoms with Crippen molar-refractivity contribution in [3.05, 3.63) is 59.7 Å². The molecule has 2 aromatic rings. The van der Waals surface area contributed by atoms with Gasteiger partial charge in [0.05, 0.1) is 6.04 Å². The maximum Gasteiger partial charge on any atom is 0.221 e. The first kappa shape index (κ1) is 18.5. The molecule has 0 aromatic heterocycles. The lowest BCUT2D eigenvalue weighted by atomic mass is 9.87. The van der Waals surface area contributed by atoms with E-state index in [1.54, 1.807) is 0 Å². The van der Waals surface area contributed by atoms with Gasteiger partial charge < -0.3 is 10.2 Å². The van der Waals surface area contributed by atoms with Crippen LogP contribution in [0.2, 0.25) is 0 Å². The van der Waals surface area contributed by atoms with Crippen molar-refractivity contribution >= 4 is 17.3 Å². The highest BCUT2D eigenvalue weighted by atomic mass is 16.1. The van der Waals surface area contributed by atoms with Crippen LogP contribution in [0.3, 0.4) is 0 Å². The van der Waals surface area contributed by atoms with Crippen LogP contribution in [0, 0.1) is 0 Å². The molecule has 3 nitrogen and oxygen atoms in total. The zero-order chi connectivity index (χ0) is 18.9. The van der Waals surface area contributed by atoms with Gasteiger partial charge in [-0.1, -0.05) is 45.0 Å². The van der Waals surface area contributed by atoms with Gasteiger partial charge in [-0.2, -0.15) is 0 Å². The third kappa shape index (κ3) is 3.92. The molecule has 26 heavy (non-hydrogen) atoms. The molecular formula is C23H30N2O. The van der Waals surface area contributed by atoms with Crippen molar-refractivity contribution in [2.75, 3.05) is 10.2 Å². The zero-order valence-electron chi connectivity index (χ0n) is 16.5. The number of nitrogens with zero attached hydrogens (tertiary/aromatic N) is 1. The summed E-state index contributed by atoms with van der Waals surface area (Å²) in [6.45, 7) is 10.6. The highest BCUT2D eigenvalue weighted by Crippen LogP contribution is 2.40. The number of amides is 1. The summed E-state index contributed by atoms with van der Waals surface area (Å²) < 4.78 is 0. The molecule has 1 amide bonds. The van der Waals surface area contributed by atoms with Crippen LogP contribution in [0.5, 0.6) is 0 Å². The number of hydrogen-bond donors (Lipinski definition) is 1. The van der Waals surface area contributed by atoms with Gasteiger partial charge in [-0.15, -0.1) is 0 Å². The Hall–Kier alpha value is -2.29. The smallest absolute Gasteiger partial charge is 0.221 e. The van der Waals surface area contributed by atoms with E-state index >= 15 is 0 Å². The highest BCUT2D eigenvalue weighted by Gasteiger charge is 2.32. The molecule has 2 atom stereocenters. The Kier molecular flexibility index (Phi) is 5.08. The number of benzene rings is 2. The van der Waals surface area contributed by atoms with Gasteiger partial charge in [0.25, 0.3) is 0 Å². The molecule has 0 saturated carbocycles. The number of hydrogen-bond acceptors (Lipinski definition) is 2. The first-order chi connectivity index (χ1) is 12.3. The SMILES string of the molecule is CC(=O)Nc1ccc(C2CC[C@@H](C)N2c2ccc(C(C)(C)C)cc2)cc1. The predicted molar refractivity (Wildman–Crippen MR) is 110 cm³/mol. The fourth-order valence-electron chi connectivity index (χ4n) is 3.87. The lowest BCUT2D eigenvalue weighted by molar-refractivity contribution is -0.114. The number of nitrogens with one attached hydrogen (secondary N) is 1. The van der Waals surface area contributed by atoms with Crippen molar-refractivity contribution in [3.63, 3.8) is 0 Å². The van der Waals surface area contributed by atoms with E-state index in [0.29, 0.717) is 12.1 Å². The molecule has 1 aliphatic rings. The van der Waals surface area contributed by atoms with E-state index in [4.69, 9.17) is 0 Å². The largest absolute Gasteiger partial charge is 0.362 e.